The van der Waals surface area contributed by atoms with Gasteiger partial charge in [0.05, 0.1) is 10.6 Å². The molecule has 154 valence electrons. The maximum atomic E-state index is 13.1. The van der Waals surface area contributed by atoms with Gasteiger partial charge in [0.2, 0.25) is 0 Å². The van der Waals surface area contributed by atoms with Gasteiger partial charge in [0.1, 0.15) is 18.2 Å². The van der Waals surface area contributed by atoms with Crippen LogP contribution in [0, 0.1) is 5.82 Å². The van der Waals surface area contributed by atoms with Crippen LogP contribution in [0.2, 0.25) is 5.02 Å². The summed E-state index contributed by atoms with van der Waals surface area (Å²) in [7, 11) is 0. The predicted octanol–water partition coefficient (Wildman–Crippen LogP) is 5.98. The minimum atomic E-state index is -4.38. The molecule has 0 atom stereocenters. The van der Waals surface area contributed by atoms with E-state index in [9.17, 15) is 17.6 Å². The molecular weight excluding hydrogens is 430 g/mol. The van der Waals surface area contributed by atoms with Gasteiger partial charge in [-0.05, 0) is 36.8 Å². The van der Waals surface area contributed by atoms with Gasteiger partial charge in [-0.3, -0.25) is 0 Å². The highest BCUT2D eigenvalue weighted by Gasteiger charge is 2.30. The van der Waals surface area contributed by atoms with Crippen molar-refractivity contribution in [3.63, 3.8) is 0 Å². The van der Waals surface area contributed by atoms with Crippen LogP contribution in [-0.4, -0.2) is 14.8 Å². The van der Waals surface area contributed by atoms with E-state index in [1.165, 1.54) is 30.0 Å². The molecule has 4 nitrogen and oxygen atoms in total. The molecule has 0 bridgehead atoms. The number of ether oxygens (including phenoxy) is 1. The Morgan fingerprint density at radius 1 is 1.14 bits per heavy atom. The molecule has 2 aromatic carbocycles. The number of benzene rings is 2. The Bertz CT molecular complexity index is 994. The monoisotopic (exact) mass is 445 g/mol. The van der Waals surface area contributed by atoms with Crippen LogP contribution < -0.4 is 4.74 Å². The number of halogens is 5. The second kappa shape index (κ2) is 9.04. The summed E-state index contributed by atoms with van der Waals surface area (Å²) in [5, 5.41) is 8.90. The van der Waals surface area contributed by atoms with Crippen molar-refractivity contribution in [2.24, 2.45) is 0 Å². The summed E-state index contributed by atoms with van der Waals surface area (Å²) in [5.41, 5.74) is -0.149. The highest BCUT2D eigenvalue weighted by Crippen LogP contribution is 2.31. The molecular formula is C19H16ClF4N3OS. The molecule has 29 heavy (non-hydrogen) atoms. The van der Waals surface area contributed by atoms with Gasteiger partial charge in [0.15, 0.2) is 11.0 Å². The van der Waals surface area contributed by atoms with Crippen molar-refractivity contribution in [2.45, 2.75) is 37.2 Å². The minimum Gasteiger partial charge on any atom is -0.484 e. The Labute approximate surface area is 173 Å². The van der Waals surface area contributed by atoms with E-state index in [4.69, 9.17) is 16.3 Å². The molecule has 10 heteroatoms. The lowest BCUT2D eigenvalue weighted by Crippen LogP contribution is -2.07. The normalized spacial score (nSPS) is 11.7. The maximum absolute atomic E-state index is 13.1. The molecule has 3 rings (SSSR count). The van der Waals surface area contributed by atoms with Gasteiger partial charge in [-0.15, -0.1) is 10.2 Å². The smallest absolute Gasteiger partial charge is 0.416 e. The van der Waals surface area contributed by atoms with Crippen molar-refractivity contribution in [1.82, 2.24) is 14.8 Å². The van der Waals surface area contributed by atoms with E-state index in [0.717, 1.165) is 18.2 Å². The summed E-state index contributed by atoms with van der Waals surface area (Å²) in [5.74, 6) is 0.691. The van der Waals surface area contributed by atoms with Crippen molar-refractivity contribution < 1.29 is 22.3 Å². The quantitative estimate of drug-likeness (QED) is 0.331. The van der Waals surface area contributed by atoms with Crippen molar-refractivity contribution in [2.75, 3.05) is 0 Å². The van der Waals surface area contributed by atoms with Crippen LogP contribution >= 0.6 is 23.4 Å². The van der Waals surface area contributed by atoms with Crippen LogP contribution in [-0.2, 0) is 25.1 Å². The molecule has 1 heterocycles. The first-order valence-electron chi connectivity index (χ1n) is 8.56. The average molecular weight is 446 g/mol. The van der Waals surface area contributed by atoms with Crippen LogP contribution in [0.5, 0.6) is 5.75 Å². The fraction of sp³-hybridized carbons (Fsp3) is 0.263. The van der Waals surface area contributed by atoms with E-state index in [-0.39, 0.29) is 11.6 Å². The van der Waals surface area contributed by atoms with Crippen molar-refractivity contribution >= 4 is 23.4 Å². The summed E-state index contributed by atoms with van der Waals surface area (Å²) >= 11 is 7.23. The van der Waals surface area contributed by atoms with Gasteiger partial charge in [0, 0.05) is 12.3 Å². The Balaban J connectivity index is 1.68. The number of hydrogen-bond donors (Lipinski definition) is 0. The van der Waals surface area contributed by atoms with E-state index in [2.05, 4.69) is 10.2 Å². The van der Waals surface area contributed by atoms with Crippen molar-refractivity contribution in [3.05, 3.63) is 70.3 Å². The third-order valence-corrected chi connectivity index (χ3v) is 5.32. The summed E-state index contributed by atoms with van der Waals surface area (Å²) in [6.07, 6.45) is -4.38. The average Bonchev–Trinajstić information content (AvgIpc) is 3.07. The van der Waals surface area contributed by atoms with Crippen LogP contribution in [0.1, 0.15) is 23.9 Å². The highest BCUT2D eigenvalue weighted by molar-refractivity contribution is 7.98. The molecule has 0 radical (unpaired) electrons. The molecule has 0 amide bonds. The van der Waals surface area contributed by atoms with E-state index >= 15 is 0 Å². The summed E-state index contributed by atoms with van der Waals surface area (Å²) in [4.78, 5) is 0. The zero-order valence-corrected chi connectivity index (χ0v) is 16.8. The predicted molar refractivity (Wildman–Crippen MR) is 102 cm³/mol. The first-order chi connectivity index (χ1) is 13.8. The van der Waals surface area contributed by atoms with Gasteiger partial charge >= 0.3 is 6.18 Å². The van der Waals surface area contributed by atoms with E-state index in [1.807, 2.05) is 6.92 Å². The maximum Gasteiger partial charge on any atom is 0.416 e. The zero-order chi connectivity index (χ0) is 21.0. The van der Waals surface area contributed by atoms with E-state index in [1.54, 1.807) is 10.6 Å². The Morgan fingerprint density at radius 3 is 2.62 bits per heavy atom. The molecule has 0 spiro atoms. The van der Waals surface area contributed by atoms with Crippen molar-refractivity contribution in [1.29, 1.82) is 0 Å². The molecule has 0 unspecified atom stereocenters. The van der Waals surface area contributed by atoms with Gasteiger partial charge in [-0.2, -0.15) is 13.2 Å². The third-order valence-electron chi connectivity index (χ3n) is 3.98. The fourth-order valence-corrected chi connectivity index (χ4v) is 3.76. The van der Waals surface area contributed by atoms with Gasteiger partial charge in [-0.25, -0.2) is 4.39 Å². The van der Waals surface area contributed by atoms with Gasteiger partial charge in [-0.1, -0.05) is 41.6 Å². The lowest BCUT2D eigenvalue weighted by atomic mass is 10.1. The highest BCUT2D eigenvalue weighted by atomic mass is 35.5. The number of hydrogen-bond acceptors (Lipinski definition) is 4. The van der Waals surface area contributed by atoms with Gasteiger partial charge in [0.25, 0.3) is 0 Å². The van der Waals surface area contributed by atoms with Crippen LogP contribution in [0.25, 0.3) is 0 Å². The Kier molecular flexibility index (Phi) is 6.69. The molecule has 0 fully saturated rings. The van der Waals surface area contributed by atoms with Gasteiger partial charge < -0.3 is 9.30 Å². The largest absolute Gasteiger partial charge is 0.484 e. The molecule has 0 saturated carbocycles. The molecule has 1 aromatic heterocycles. The summed E-state index contributed by atoms with van der Waals surface area (Å²) in [6.45, 7) is 2.51. The number of thioether (sulfide) groups is 1. The van der Waals surface area contributed by atoms with Crippen LogP contribution in [0.4, 0.5) is 17.6 Å². The summed E-state index contributed by atoms with van der Waals surface area (Å²) < 4.78 is 59.1. The molecule has 0 saturated heterocycles. The topological polar surface area (TPSA) is 39.9 Å². The molecule has 0 aliphatic heterocycles. The Morgan fingerprint density at radius 2 is 1.93 bits per heavy atom. The first kappa shape index (κ1) is 21.4. The lowest BCUT2D eigenvalue weighted by Gasteiger charge is -2.10. The van der Waals surface area contributed by atoms with Crippen LogP contribution in [0.3, 0.4) is 0 Å². The van der Waals surface area contributed by atoms with E-state index in [0.29, 0.717) is 34.6 Å². The van der Waals surface area contributed by atoms with Crippen molar-refractivity contribution in [3.8, 4) is 5.75 Å². The molecule has 0 aliphatic carbocycles. The minimum absolute atomic E-state index is 0.0658. The lowest BCUT2D eigenvalue weighted by molar-refractivity contribution is -0.137. The second-order valence-electron chi connectivity index (χ2n) is 5.99. The summed E-state index contributed by atoms with van der Waals surface area (Å²) in [6, 6.07) is 9.00. The zero-order valence-electron chi connectivity index (χ0n) is 15.2. The SMILES string of the molecule is CCn1c(COc2ccc(F)cc2Cl)nnc1SCc1cccc(C(F)(F)F)c1. The second-order valence-corrected chi connectivity index (χ2v) is 7.34. The standard InChI is InChI=1S/C19H16ClF4N3OS/c1-2-27-17(10-28-16-7-6-14(21)9-15(16)20)25-26-18(27)29-11-12-4-3-5-13(8-12)19(22,23)24/h3-9H,2,10-11H2,1H3. The van der Waals surface area contributed by atoms with Crippen LogP contribution in [0.15, 0.2) is 47.6 Å². The Hall–Kier alpha value is -2.26. The number of nitrogens with zero attached hydrogens (tertiary/aromatic N) is 3. The molecule has 0 aliphatic rings. The number of alkyl halides is 3. The first-order valence-corrected chi connectivity index (χ1v) is 9.93. The third kappa shape index (κ3) is 5.42. The number of rotatable bonds is 7. The fourth-order valence-electron chi connectivity index (χ4n) is 2.57. The molecule has 0 N–H and O–H groups in total. The molecule has 3 aromatic rings. The number of aromatic nitrogens is 3. The van der Waals surface area contributed by atoms with E-state index < -0.39 is 17.6 Å².